The number of nitrogens with zero attached hydrogens (tertiary/aromatic N) is 3. The maximum absolute atomic E-state index is 14.7. The largest absolute Gasteiger partial charge is 0.609 e. The second-order valence-corrected chi connectivity index (χ2v) is 23.6. The summed E-state index contributed by atoms with van der Waals surface area (Å²) in [5.41, 5.74) is -0.704. The van der Waals surface area contributed by atoms with E-state index in [1.165, 1.54) is 72.8 Å². The van der Waals surface area contributed by atoms with Gasteiger partial charge in [0.15, 0.2) is 66.6 Å². The number of sulfone groups is 3. The molecule has 0 amide bonds. The number of hydrogen-bond acceptors (Lipinski definition) is 18. The summed E-state index contributed by atoms with van der Waals surface area (Å²) < 4.78 is 185. The van der Waals surface area contributed by atoms with Crippen LogP contribution < -0.4 is 14.2 Å². The Morgan fingerprint density at radius 3 is 1.75 bits per heavy atom. The third-order valence-electron chi connectivity index (χ3n) is 9.25. The van der Waals surface area contributed by atoms with Crippen molar-refractivity contribution in [1.29, 1.82) is 0 Å². The van der Waals surface area contributed by atoms with E-state index in [4.69, 9.17) is 23.7 Å². The second kappa shape index (κ2) is 21.6. The molecule has 0 spiro atoms. The van der Waals surface area contributed by atoms with E-state index >= 15 is 0 Å². The van der Waals surface area contributed by atoms with Gasteiger partial charge in [0.2, 0.25) is 0 Å². The van der Waals surface area contributed by atoms with Crippen LogP contribution in [0.25, 0.3) is 11.0 Å². The van der Waals surface area contributed by atoms with Gasteiger partial charge in [0.1, 0.15) is 29.6 Å². The maximum atomic E-state index is 14.7. The standard InChI is InChI=1S/C42H38F3N3O16S5/c1-66(52,53)40-33(46-19-18-36(40)64-28-42(43,44)45)27-65(51)41-47-32-14-8-9-15-34(32)48(41)69(58,59)31-16-17-35(62-25-38(49)60-20-22-67(54,55)29-10-4-2-5-11-29)37(24-31)63-26-39(50)61-21-23-68(56,57)30-12-6-3-7-13-30/h2-19,24H,20-23,25-28H2,1H3. The molecule has 0 aliphatic heterocycles. The molecule has 2 heterocycles. The van der Waals surface area contributed by atoms with Crippen LogP contribution in [0.15, 0.2) is 140 Å². The van der Waals surface area contributed by atoms with Crippen LogP contribution in [0.4, 0.5) is 13.2 Å². The van der Waals surface area contributed by atoms with Crippen molar-refractivity contribution in [1.82, 2.24) is 13.9 Å². The van der Waals surface area contributed by atoms with Crippen LogP contribution in [-0.2, 0) is 75.5 Å². The topological polar surface area (TPSA) is 271 Å². The first kappa shape index (κ1) is 52.1. The zero-order chi connectivity index (χ0) is 50.2. The molecule has 1 atom stereocenters. The van der Waals surface area contributed by atoms with Crippen molar-refractivity contribution in [3.05, 3.63) is 121 Å². The number of para-hydroxylation sites is 2. The number of imidazole rings is 1. The number of fused-ring (bicyclic) bond motifs is 1. The van der Waals surface area contributed by atoms with E-state index in [9.17, 15) is 61.0 Å². The Labute approximate surface area is 396 Å². The molecule has 6 rings (SSSR count). The summed E-state index contributed by atoms with van der Waals surface area (Å²) in [7, 11) is -17.1. The van der Waals surface area contributed by atoms with Crippen molar-refractivity contribution in [3.8, 4) is 17.2 Å². The molecule has 368 valence electrons. The monoisotopic (exact) mass is 1060 g/mol. The third kappa shape index (κ3) is 13.5. The van der Waals surface area contributed by atoms with Gasteiger partial charge in [-0.3, -0.25) is 4.98 Å². The van der Waals surface area contributed by atoms with Crippen LogP contribution in [0.1, 0.15) is 5.69 Å². The first-order chi connectivity index (χ1) is 32.5. The molecule has 1 unspecified atom stereocenters. The van der Waals surface area contributed by atoms with E-state index in [0.29, 0.717) is 10.2 Å². The SMILES string of the molecule is CS(=O)(=O)c1c(OCC(F)(F)F)ccnc1C[S+]([O-])c1nc2ccccc2n1S(=O)(=O)c1ccc(OCC(=O)OCCS(=O)(=O)c2ccccc2)c(OCC(=O)OCCS(=O)(=O)c2ccccc2)c1. The highest BCUT2D eigenvalue weighted by Gasteiger charge is 2.35. The molecule has 2 aromatic heterocycles. The normalized spacial score (nSPS) is 12.8. The summed E-state index contributed by atoms with van der Waals surface area (Å²) in [6.45, 7) is -4.92. The lowest BCUT2D eigenvalue weighted by molar-refractivity contribution is -0.154. The highest BCUT2D eigenvalue weighted by Crippen LogP contribution is 2.35. The van der Waals surface area contributed by atoms with Crippen LogP contribution in [0.3, 0.4) is 0 Å². The lowest BCUT2D eigenvalue weighted by Gasteiger charge is -2.17. The lowest BCUT2D eigenvalue weighted by Crippen LogP contribution is -2.23. The molecule has 6 aromatic rings. The molecular weight excluding hydrogens is 1020 g/mol. The molecule has 0 saturated heterocycles. The predicted octanol–water partition coefficient (Wildman–Crippen LogP) is 4.11. The van der Waals surface area contributed by atoms with E-state index in [0.717, 1.165) is 30.5 Å². The summed E-state index contributed by atoms with van der Waals surface area (Å²) in [6, 6.07) is 23.9. The Balaban J connectivity index is 1.28. The third-order valence-corrected chi connectivity index (χ3v) is 16.8. The van der Waals surface area contributed by atoms with Crippen LogP contribution in [0.2, 0.25) is 0 Å². The summed E-state index contributed by atoms with van der Waals surface area (Å²) in [6.07, 6.45) is -3.30. The van der Waals surface area contributed by atoms with Gasteiger partial charge in [-0.1, -0.05) is 48.5 Å². The molecule has 0 fully saturated rings. The van der Waals surface area contributed by atoms with Gasteiger partial charge < -0.3 is 28.2 Å². The average Bonchev–Trinajstić information content (AvgIpc) is 3.71. The van der Waals surface area contributed by atoms with Crippen molar-refractivity contribution < 1.29 is 84.7 Å². The number of alkyl halides is 3. The number of benzene rings is 4. The summed E-state index contributed by atoms with van der Waals surface area (Å²) in [5.74, 6) is -5.90. The van der Waals surface area contributed by atoms with Crippen LogP contribution >= 0.6 is 0 Å². The van der Waals surface area contributed by atoms with E-state index in [1.807, 2.05) is 0 Å². The average molecular weight is 1060 g/mol. The van der Waals surface area contributed by atoms with Gasteiger partial charge >= 0.3 is 23.3 Å². The zero-order valence-electron chi connectivity index (χ0n) is 35.7. The quantitative estimate of drug-likeness (QED) is 0.0683. The minimum atomic E-state index is -4.97. The number of ether oxygens (including phenoxy) is 5. The number of esters is 2. The smallest absolute Gasteiger partial charge is 0.422 e. The van der Waals surface area contributed by atoms with Crippen molar-refractivity contribution in [2.75, 3.05) is 50.8 Å². The molecule has 19 nitrogen and oxygen atoms in total. The zero-order valence-corrected chi connectivity index (χ0v) is 39.8. The number of aromatic nitrogens is 3. The Bertz CT molecular complexity index is 3290. The molecule has 4 aromatic carbocycles. The van der Waals surface area contributed by atoms with E-state index in [2.05, 4.69) is 9.97 Å². The van der Waals surface area contributed by atoms with Gasteiger partial charge in [-0.05, 0) is 54.6 Å². The lowest BCUT2D eigenvalue weighted by atomic mass is 10.3. The molecule has 0 aliphatic carbocycles. The van der Waals surface area contributed by atoms with Gasteiger partial charge in [-0.25, -0.2) is 43.3 Å². The molecule has 0 aliphatic rings. The fraction of sp³-hybridized carbons (Fsp3) is 0.238. The molecule has 0 radical (unpaired) electrons. The molecule has 69 heavy (non-hydrogen) atoms. The molecule has 0 saturated carbocycles. The summed E-state index contributed by atoms with van der Waals surface area (Å²) >= 11 is -2.62. The number of pyridine rings is 1. The van der Waals surface area contributed by atoms with Crippen LogP contribution in [-0.4, -0.2) is 121 Å². The van der Waals surface area contributed by atoms with Crippen LogP contribution in [0.5, 0.6) is 17.2 Å². The first-order valence-electron chi connectivity index (χ1n) is 19.7. The van der Waals surface area contributed by atoms with E-state index in [-0.39, 0.29) is 26.6 Å². The highest BCUT2D eigenvalue weighted by atomic mass is 32.2. The Morgan fingerprint density at radius 2 is 1.20 bits per heavy atom. The Hall–Kier alpha value is -6.26. The van der Waals surface area contributed by atoms with Crippen molar-refractivity contribution in [3.63, 3.8) is 0 Å². The Kier molecular flexibility index (Phi) is 16.3. The maximum Gasteiger partial charge on any atom is 0.422 e. The number of carbonyl (C=O) groups excluding carboxylic acids is 2. The minimum Gasteiger partial charge on any atom is -0.609 e. The van der Waals surface area contributed by atoms with Crippen molar-refractivity contribution in [2.45, 2.75) is 36.7 Å². The van der Waals surface area contributed by atoms with Gasteiger partial charge in [-0.15, -0.1) is 0 Å². The fourth-order valence-electron chi connectivity index (χ4n) is 6.16. The van der Waals surface area contributed by atoms with Gasteiger partial charge in [0, 0.05) is 29.7 Å². The molecular formula is C42H38F3N3O16S5. The van der Waals surface area contributed by atoms with Gasteiger partial charge in [0.25, 0.3) is 10.0 Å². The number of rotatable bonds is 22. The number of carbonyl (C=O) groups is 2. The van der Waals surface area contributed by atoms with Crippen molar-refractivity contribution >= 4 is 73.7 Å². The molecule has 0 bridgehead atoms. The molecule has 27 heteroatoms. The number of hydrogen-bond donors (Lipinski definition) is 0. The summed E-state index contributed by atoms with van der Waals surface area (Å²) in [4.78, 5) is 32.2. The predicted molar refractivity (Wildman–Crippen MR) is 238 cm³/mol. The second-order valence-electron chi connectivity index (χ2n) is 14.3. The highest BCUT2D eigenvalue weighted by molar-refractivity contribution is 7.93. The van der Waals surface area contributed by atoms with E-state index in [1.54, 1.807) is 12.1 Å². The van der Waals surface area contributed by atoms with Crippen LogP contribution in [0, 0.1) is 0 Å². The summed E-state index contributed by atoms with van der Waals surface area (Å²) in [5, 5.41) is -0.687. The van der Waals surface area contributed by atoms with Gasteiger partial charge in [-0.2, -0.15) is 22.1 Å². The van der Waals surface area contributed by atoms with E-state index < -0.39 is 151 Å². The first-order valence-corrected chi connectivity index (χ1v) is 27.7. The fourth-order valence-corrected chi connectivity index (χ4v) is 12.5. The Morgan fingerprint density at radius 1 is 0.667 bits per heavy atom. The minimum absolute atomic E-state index is 0.00572. The molecule has 0 N–H and O–H groups in total. The van der Waals surface area contributed by atoms with Gasteiger partial charge in [0.05, 0.1) is 37.2 Å². The number of halogens is 3. The van der Waals surface area contributed by atoms with Crippen molar-refractivity contribution in [2.24, 2.45) is 0 Å².